The number of benzene rings is 3. The average molecular weight is 549 g/mol. The third-order valence-electron chi connectivity index (χ3n) is 5.80. The predicted octanol–water partition coefficient (Wildman–Crippen LogP) is 5.34. The van der Waals surface area contributed by atoms with E-state index in [-0.39, 0.29) is 5.57 Å². The van der Waals surface area contributed by atoms with E-state index < -0.39 is 17.8 Å². The number of ether oxygens (including phenoxy) is 2. The summed E-state index contributed by atoms with van der Waals surface area (Å²) < 4.78 is 11.6. The molecule has 0 saturated carbocycles. The third kappa shape index (κ3) is 5.18. The largest absolute Gasteiger partial charge is 0.497 e. The summed E-state index contributed by atoms with van der Waals surface area (Å²) in [6, 6.07) is 15.6. The molecule has 4 rings (SSSR count). The van der Waals surface area contributed by atoms with Crippen molar-refractivity contribution < 1.29 is 23.9 Å². The van der Waals surface area contributed by atoms with E-state index in [9.17, 15) is 14.4 Å². The zero-order chi connectivity index (χ0) is 26.0. The topological polar surface area (TPSA) is 84.9 Å². The van der Waals surface area contributed by atoms with Crippen LogP contribution in [0.2, 0.25) is 0 Å². The smallest absolute Gasteiger partial charge is 0.335 e. The Morgan fingerprint density at radius 2 is 1.58 bits per heavy atom. The van der Waals surface area contributed by atoms with Crippen LogP contribution in [0.25, 0.3) is 6.08 Å². The highest BCUT2D eigenvalue weighted by Crippen LogP contribution is 2.33. The van der Waals surface area contributed by atoms with Crippen LogP contribution in [0.5, 0.6) is 11.5 Å². The molecular weight excluding hydrogens is 524 g/mol. The molecule has 0 aliphatic carbocycles. The second-order valence-corrected chi connectivity index (χ2v) is 9.37. The number of methoxy groups -OCH3 is 2. The fourth-order valence-corrected chi connectivity index (χ4v) is 4.83. The van der Waals surface area contributed by atoms with Crippen LogP contribution in [0.15, 0.2) is 64.6 Å². The number of halogens is 1. The molecule has 184 valence electrons. The van der Waals surface area contributed by atoms with Crippen LogP contribution >= 0.6 is 15.9 Å². The van der Waals surface area contributed by atoms with Gasteiger partial charge in [0.1, 0.15) is 17.1 Å². The summed E-state index contributed by atoms with van der Waals surface area (Å²) in [5.74, 6) is -0.289. The van der Waals surface area contributed by atoms with Crippen LogP contribution in [-0.4, -0.2) is 32.1 Å². The first-order valence-corrected chi connectivity index (χ1v) is 12.0. The molecule has 1 aliphatic heterocycles. The average Bonchev–Trinajstić information content (AvgIpc) is 2.83. The van der Waals surface area contributed by atoms with Crippen molar-refractivity contribution in [2.45, 2.75) is 20.3 Å². The van der Waals surface area contributed by atoms with Gasteiger partial charge in [0.25, 0.3) is 11.8 Å². The molecule has 3 aromatic rings. The molecule has 0 radical (unpaired) electrons. The molecule has 4 amide bonds. The van der Waals surface area contributed by atoms with Gasteiger partial charge in [-0.3, -0.25) is 14.9 Å². The van der Waals surface area contributed by atoms with Gasteiger partial charge in [-0.1, -0.05) is 45.3 Å². The Bertz CT molecular complexity index is 1380. The molecule has 0 atom stereocenters. The summed E-state index contributed by atoms with van der Waals surface area (Å²) in [6.45, 7) is 4.12. The van der Waals surface area contributed by atoms with Crippen molar-refractivity contribution in [1.82, 2.24) is 5.32 Å². The maximum Gasteiger partial charge on any atom is 0.335 e. The lowest BCUT2D eigenvalue weighted by atomic mass is 9.98. The Balaban J connectivity index is 1.69. The number of barbiturate groups is 1. The van der Waals surface area contributed by atoms with Crippen molar-refractivity contribution in [2.75, 3.05) is 19.1 Å². The molecular formula is C28H25BrN2O5. The Morgan fingerprint density at radius 3 is 2.19 bits per heavy atom. The minimum Gasteiger partial charge on any atom is -0.497 e. The van der Waals surface area contributed by atoms with Gasteiger partial charge < -0.3 is 9.47 Å². The number of hydrogen-bond acceptors (Lipinski definition) is 5. The zero-order valence-corrected chi connectivity index (χ0v) is 21.9. The quantitative estimate of drug-likeness (QED) is 0.332. The molecule has 3 aromatic carbocycles. The Labute approximate surface area is 217 Å². The molecule has 1 aliphatic rings. The first kappa shape index (κ1) is 25.2. The summed E-state index contributed by atoms with van der Waals surface area (Å²) >= 11 is 3.63. The van der Waals surface area contributed by atoms with Gasteiger partial charge in [-0.15, -0.1) is 0 Å². The summed E-state index contributed by atoms with van der Waals surface area (Å²) in [5.41, 5.74) is 5.18. The van der Waals surface area contributed by atoms with Crippen molar-refractivity contribution in [1.29, 1.82) is 0 Å². The molecule has 36 heavy (non-hydrogen) atoms. The van der Waals surface area contributed by atoms with Gasteiger partial charge >= 0.3 is 6.03 Å². The molecule has 0 unspecified atom stereocenters. The number of rotatable bonds is 6. The van der Waals surface area contributed by atoms with Crippen LogP contribution in [0.3, 0.4) is 0 Å². The third-order valence-corrected chi connectivity index (χ3v) is 6.51. The highest BCUT2D eigenvalue weighted by atomic mass is 79.9. The highest BCUT2D eigenvalue weighted by Gasteiger charge is 2.36. The number of carbonyl (C=O) groups is 3. The molecule has 0 aromatic heterocycles. The molecule has 0 spiro atoms. The number of nitrogens with one attached hydrogen (secondary N) is 1. The summed E-state index contributed by atoms with van der Waals surface area (Å²) in [4.78, 5) is 39.2. The van der Waals surface area contributed by atoms with Gasteiger partial charge in [0.05, 0.1) is 19.9 Å². The number of amides is 4. The highest BCUT2D eigenvalue weighted by molar-refractivity contribution is 9.10. The number of carbonyl (C=O) groups excluding carboxylic acids is 3. The van der Waals surface area contributed by atoms with Crippen LogP contribution in [0, 0.1) is 13.8 Å². The van der Waals surface area contributed by atoms with Crippen molar-refractivity contribution in [2.24, 2.45) is 0 Å². The number of aryl methyl sites for hydroxylation is 2. The van der Waals surface area contributed by atoms with E-state index in [1.807, 2.05) is 6.07 Å². The van der Waals surface area contributed by atoms with Gasteiger partial charge in [0, 0.05) is 16.5 Å². The van der Waals surface area contributed by atoms with Crippen LogP contribution in [0.4, 0.5) is 10.5 Å². The molecule has 1 saturated heterocycles. The second kappa shape index (κ2) is 10.4. The summed E-state index contributed by atoms with van der Waals surface area (Å²) in [7, 11) is 3.10. The fraction of sp³-hybridized carbons (Fsp3) is 0.179. The van der Waals surface area contributed by atoms with Crippen molar-refractivity contribution in [3.8, 4) is 11.5 Å². The summed E-state index contributed by atoms with van der Waals surface area (Å²) in [6.07, 6.45) is 2.09. The zero-order valence-electron chi connectivity index (χ0n) is 20.3. The minimum absolute atomic E-state index is 0.165. The van der Waals surface area contributed by atoms with Crippen LogP contribution in [0.1, 0.15) is 27.8 Å². The van der Waals surface area contributed by atoms with Crippen LogP contribution < -0.4 is 19.7 Å². The lowest BCUT2D eigenvalue weighted by Gasteiger charge is -2.26. The number of hydrogen-bond donors (Lipinski definition) is 1. The van der Waals surface area contributed by atoms with E-state index in [1.54, 1.807) is 37.4 Å². The van der Waals surface area contributed by atoms with Gasteiger partial charge in [-0.05, 0) is 67.4 Å². The molecule has 8 heteroatoms. The Hall–Kier alpha value is -3.91. The van der Waals surface area contributed by atoms with Gasteiger partial charge in [-0.25, -0.2) is 9.69 Å². The molecule has 0 bridgehead atoms. The van der Waals surface area contributed by atoms with E-state index >= 15 is 0 Å². The number of nitrogens with zero attached hydrogens (tertiary/aromatic N) is 1. The number of urea groups is 1. The van der Waals surface area contributed by atoms with E-state index in [1.165, 1.54) is 24.3 Å². The van der Waals surface area contributed by atoms with Crippen molar-refractivity contribution in [3.05, 3.63) is 92.5 Å². The number of imide groups is 2. The first-order valence-electron chi connectivity index (χ1n) is 11.2. The molecule has 1 N–H and O–H groups in total. The minimum atomic E-state index is -0.810. The standard InChI is InChI=1S/C28H25BrN2O5/c1-16-9-17(2)11-18(10-16)12-22-24(29)14-19(15-25(22)36-4)13-23-26(32)30-28(34)31(27(23)33)20-5-7-21(35-3)8-6-20/h5-11,13-15H,12H2,1-4H3,(H,30,32,34)/b23-13+. The number of anilines is 1. The lowest BCUT2D eigenvalue weighted by Crippen LogP contribution is -2.54. The van der Waals surface area contributed by atoms with Gasteiger partial charge in [0.2, 0.25) is 0 Å². The van der Waals surface area contributed by atoms with Gasteiger partial charge in [0.15, 0.2) is 0 Å². The predicted molar refractivity (Wildman–Crippen MR) is 141 cm³/mol. The maximum absolute atomic E-state index is 13.2. The van der Waals surface area contributed by atoms with Crippen molar-refractivity contribution in [3.63, 3.8) is 0 Å². The SMILES string of the molecule is COc1ccc(N2C(=O)NC(=O)/C(=C\c3cc(Br)c(Cc4cc(C)cc(C)c4)c(OC)c3)C2=O)cc1. The fourth-order valence-electron chi connectivity index (χ4n) is 4.23. The summed E-state index contributed by atoms with van der Waals surface area (Å²) in [5, 5.41) is 2.24. The van der Waals surface area contributed by atoms with E-state index in [4.69, 9.17) is 9.47 Å². The first-order chi connectivity index (χ1) is 17.2. The van der Waals surface area contributed by atoms with Crippen molar-refractivity contribution >= 4 is 45.5 Å². The molecule has 1 heterocycles. The molecule has 7 nitrogen and oxygen atoms in total. The normalized spacial score (nSPS) is 14.8. The maximum atomic E-state index is 13.2. The molecule has 1 fully saturated rings. The Morgan fingerprint density at radius 1 is 0.917 bits per heavy atom. The monoisotopic (exact) mass is 548 g/mol. The van der Waals surface area contributed by atoms with E-state index in [0.717, 1.165) is 20.5 Å². The Kier molecular flexibility index (Phi) is 7.26. The van der Waals surface area contributed by atoms with Gasteiger partial charge in [-0.2, -0.15) is 0 Å². The van der Waals surface area contributed by atoms with Crippen LogP contribution in [-0.2, 0) is 16.0 Å². The second-order valence-electron chi connectivity index (χ2n) is 8.51. The lowest BCUT2D eigenvalue weighted by molar-refractivity contribution is -0.122. The van der Waals surface area contributed by atoms with E-state index in [0.29, 0.717) is 29.2 Å². The van der Waals surface area contributed by atoms with E-state index in [2.05, 4.69) is 53.3 Å².